The second kappa shape index (κ2) is 5.53. The molecule has 1 aromatic heterocycles. The number of carbonyl (C=O) groups excluding carboxylic acids is 1. The first kappa shape index (κ1) is 12.4. The highest BCUT2D eigenvalue weighted by molar-refractivity contribution is 6.30. The van der Waals surface area contributed by atoms with Crippen LogP contribution in [0.15, 0.2) is 46.9 Å². The van der Waals surface area contributed by atoms with E-state index in [0.29, 0.717) is 16.5 Å². The Bertz CT molecular complexity index is 590. The molecule has 2 rings (SSSR count). The Labute approximate surface area is 109 Å². The second-order valence-corrected chi connectivity index (χ2v) is 3.99. The van der Waals surface area contributed by atoms with E-state index in [1.165, 1.54) is 12.2 Å². The highest BCUT2D eigenvalue weighted by Gasteiger charge is 2.03. The van der Waals surface area contributed by atoms with Crippen LogP contribution in [0.4, 0.5) is 0 Å². The van der Waals surface area contributed by atoms with Gasteiger partial charge in [-0.3, -0.25) is 10.2 Å². The lowest BCUT2D eigenvalue weighted by molar-refractivity contribution is -0.116. The first-order valence-corrected chi connectivity index (χ1v) is 5.61. The van der Waals surface area contributed by atoms with E-state index in [2.05, 4.69) is 0 Å². The van der Waals surface area contributed by atoms with Crippen LogP contribution >= 0.6 is 11.6 Å². The maximum Gasteiger partial charge on any atom is 0.258 e. The Morgan fingerprint density at radius 1 is 1.33 bits per heavy atom. The molecule has 0 saturated heterocycles. The number of furan rings is 1. The molecule has 1 amide bonds. The number of amides is 1. The van der Waals surface area contributed by atoms with Crippen LogP contribution in [0, 0.1) is 0 Å². The highest BCUT2D eigenvalue weighted by Crippen LogP contribution is 2.25. The summed E-state index contributed by atoms with van der Waals surface area (Å²) in [7, 11) is 0. The van der Waals surface area contributed by atoms with Crippen LogP contribution in [0.1, 0.15) is 5.76 Å². The van der Waals surface area contributed by atoms with Crippen LogP contribution in [0.5, 0.6) is 0 Å². The molecule has 3 N–H and O–H groups in total. The molecule has 0 bridgehead atoms. The number of hydrazine groups is 1. The van der Waals surface area contributed by atoms with Gasteiger partial charge in [-0.25, -0.2) is 5.84 Å². The molecule has 0 aliphatic rings. The Morgan fingerprint density at radius 3 is 2.89 bits per heavy atom. The zero-order valence-corrected chi connectivity index (χ0v) is 10.1. The van der Waals surface area contributed by atoms with Crippen LogP contribution in [0.2, 0.25) is 5.02 Å². The van der Waals surface area contributed by atoms with Crippen molar-refractivity contribution in [3.63, 3.8) is 0 Å². The lowest BCUT2D eigenvalue weighted by atomic mass is 10.2. The molecular weight excluding hydrogens is 252 g/mol. The molecule has 2 aromatic rings. The predicted molar refractivity (Wildman–Crippen MR) is 70.5 cm³/mol. The Hall–Kier alpha value is -2.04. The third-order valence-electron chi connectivity index (χ3n) is 2.28. The zero-order chi connectivity index (χ0) is 13.0. The number of halogens is 1. The quantitative estimate of drug-likeness (QED) is 0.387. The largest absolute Gasteiger partial charge is 0.457 e. The third kappa shape index (κ3) is 3.00. The van der Waals surface area contributed by atoms with Gasteiger partial charge in [0.1, 0.15) is 11.5 Å². The van der Waals surface area contributed by atoms with Crippen molar-refractivity contribution in [1.82, 2.24) is 5.43 Å². The zero-order valence-electron chi connectivity index (χ0n) is 9.39. The van der Waals surface area contributed by atoms with Crippen molar-refractivity contribution in [2.45, 2.75) is 0 Å². The first-order valence-electron chi connectivity index (χ1n) is 5.23. The van der Waals surface area contributed by atoms with Gasteiger partial charge in [-0.05, 0) is 30.3 Å². The molecule has 0 radical (unpaired) electrons. The molecule has 18 heavy (non-hydrogen) atoms. The summed E-state index contributed by atoms with van der Waals surface area (Å²) in [5, 5.41) is 0.642. The van der Waals surface area contributed by atoms with Crippen LogP contribution in [-0.4, -0.2) is 5.91 Å². The molecule has 0 fully saturated rings. The molecule has 0 saturated carbocycles. The topological polar surface area (TPSA) is 68.3 Å². The maximum absolute atomic E-state index is 10.9. The summed E-state index contributed by atoms with van der Waals surface area (Å²) < 4.78 is 5.55. The molecule has 92 valence electrons. The number of benzene rings is 1. The number of hydrogen-bond acceptors (Lipinski definition) is 3. The number of carbonyl (C=O) groups is 1. The van der Waals surface area contributed by atoms with Crippen molar-refractivity contribution in [3.05, 3.63) is 53.3 Å². The van der Waals surface area contributed by atoms with E-state index >= 15 is 0 Å². The predicted octanol–water partition coefficient (Wildman–Crippen LogP) is 2.60. The average Bonchev–Trinajstić information content (AvgIpc) is 2.84. The molecule has 0 atom stereocenters. The standard InChI is InChI=1S/C13H11ClN2O2/c14-10-3-1-2-9(8-10)12-6-4-11(18-12)5-7-13(17)16-15/h1-8H,15H2,(H,16,17)/b7-5+. The fraction of sp³-hybridized carbons (Fsp3) is 0. The van der Waals surface area contributed by atoms with Gasteiger partial charge in [-0.1, -0.05) is 23.7 Å². The van der Waals surface area contributed by atoms with E-state index in [-0.39, 0.29) is 0 Å². The molecule has 0 spiro atoms. The van der Waals surface area contributed by atoms with Gasteiger partial charge in [0.2, 0.25) is 0 Å². The third-order valence-corrected chi connectivity index (χ3v) is 2.51. The fourth-order valence-electron chi connectivity index (χ4n) is 1.45. The normalized spacial score (nSPS) is 10.8. The molecule has 4 nitrogen and oxygen atoms in total. The molecule has 0 aliphatic heterocycles. The van der Waals surface area contributed by atoms with Crippen molar-refractivity contribution in [3.8, 4) is 11.3 Å². The summed E-state index contributed by atoms with van der Waals surface area (Å²) >= 11 is 5.90. The monoisotopic (exact) mass is 262 g/mol. The molecule has 0 aliphatic carbocycles. The summed E-state index contributed by atoms with van der Waals surface area (Å²) in [5.74, 6) is 5.81. The summed E-state index contributed by atoms with van der Waals surface area (Å²) in [6.45, 7) is 0. The minimum atomic E-state index is -0.393. The van der Waals surface area contributed by atoms with Gasteiger partial charge in [0.05, 0.1) is 0 Å². The Balaban J connectivity index is 2.20. The maximum atomic E-state index is 10.9. The molecule has 1 heterocycles. The van der Waals surface area contributed by atoms with Gasteiger partial charge in [0.25, 0.3) is 5.91 Å². The van der Waals surface area contributed by atoms with Crippen molar-refractivity contribution < 1.29 is 9.21 Å². The summed E-state index contributed by atoms with van der Waals surface area (Å²) in [5.41, 5.74) is 2.88. The van der Waals surface area contributed by atoms with Crippen molar-refractivity contribution >= 4 is 23.6 Å². The lowest BCUT2D eigenvalue weighted by Gasteiger charge is -1.96. The summed E-state index contributed by atoms with van der Waals surface area (Å²) in [6, 6.07) is 10.9. The van der Waals surface area contributed by atoms with E-state index in [9.17, 15) is 4.79 Å². The van der Waals surface area contributed by atoms with Crippen LogP contribution in [-0.2, 0) is 4.79 Å². The van der Waals surface area contributed by atoms with Gasteiger partial charge in [0.15, 0.2) is 0 Å². The molecule has 0 unspecified atom stereocenters. The lowest BCUT2D eigenvalue weighted by Crippen LogP contribution is -2.27. The fourth-order valence-corrected chi connectivity index (χ4v) is 1.64. The van der Waals surface area contributed by atoms with E-state index in [4.69, 9.17) is 21.9 Å². The van der Waals surface area contributed by atoms with Gasteiger partial charge in [0, 0.05) is 16.7 Å². The Morgan fingerprint density at radius 2 is 2.17 bits per heavy atom. The molecule has 1 aromatic carbocycles. The van der Waals surface area contributed by atoms with E-state index in [1.54, 1.807) is 18.2 Å². The van der Waals surface area contributed by atoms with E-state index in [0.717, 1.165) is 5.56 Å². The number of hydrogen-bond donors (Lipinski definition) is 2. The van der Waals surface area contributed by atoms with Gasteiger partial charge < -0.3 is 4.42 Å². The summed E-state index contributed by atoms with van der Waals surface area (Å²) in [6.07, 6.45) is 2.83. The highest BCUT2D eigenvalue weighted by atomic mass is 35.5. The first-order chi connectivity index (χ1) is 8.69. The van der Waals surface area contributed by atoms with Crippen molar-refractivity contribution in [2.75, 3.05) is 0 Å². The Kier molecular flexibility index (Phi) is 3.82. The van der Waals surface area contributed by atoms with E-state index < -0.39 is 5.91 Å². The van der Waals surface area contributed by atoms with Gasteiger partial charge in [-0.15, -0.1) is 0 Å². The van der Waals surface area contributed by atoms with Gasteiger partial charge in [-0.2, -0.15) is 0 Å². The smallest absolute Gasteiger partial charge is 0.258 e. The van der Waals surface area contributed by atoms with Crippen LogP contribution in [0.3, 0.4) is 0 Å². The molecular formula is C13H11ClN2O2. The molecule has 5 heteroatoms. The van der Waals surface area contributed by atoms with E-state index in [1.807, 2.05) is 23.6 Å². The van der Waals surface area contributed by atoms with Crippen LogP contribution < -0.4 is 11.3 Å². The number of rotatable bonds is 3. The SMILES string of the molecule is NNC(=O)/C=C/c1ccc(-c2cccc(Cl)c2)o1. The van der Waals surface area contributed by atoms with Gasteiger partial charge >= 0.3 is 0 Å². The van der Waals surface area contributed by atoms with Crippen LogP contribution in [0.25, 0.3) is 17.4 Å². The summed E-state index contributed by atoms with van der Waals surface area (Å²) in [4.78, 5) is 10.9. The number of nitrogens with two attached hydrogens (primary N) is 1. The minimum absolute atomic E-state index is 0.393. The second-order valence-electron chi connectivity index (χ2n) is 3.55. The minimum Gasteiger partial charge on any atom is -0.457 e. The van der Waals surface area contributed by atoms with Crippen molar-refractivity contribution in [1.29, 1.82) is 0 Å². The van der Waals surface area contributed by atoms with Crippen molar-refractivity contribution in [2.24, 2.45) is 5.84 Å². The average molecular weight is 263 g/mol. The number of nitrogens with one attached hydrogen (secondary N) is 1.